The molecule has 0 saturated heterocycles. The van der Waals surface area contributed by atoms with E-state index in [0.29, 0.717) is 0 Å². The first-order valence-electron chi connectivity index (χ1n) is 4.72. The zero-order chi connectivity index (χ0) is 12.1. The minimum atomic E-state index is -0.706. The number of aliphatic hydroxyl groups is 1. The molecule has 1 aromatic carbocycles. The zero-order valence-electron chi connectivity index (χ0n) is 8.72. The van der Waals surface area contributed by atoms with Gasteiger partial charge in [0.25, 0.3) is 0 Å². The molecular formula is C10H12FNO4. The number of halogens is 1. The van der Waals surface area contributed by atoms with Gasteiger partial charge in [0, 0.05) is 12.5 Å². The van der Waals surface area contributed by atoms with Gasteiger partial charge in [0.1, 0.15) is 5.82 Å². The second kappa shape index (κ2) is 5.41. The van der Waals surface area contributed by atoms with E-state index in [1.165, 1.54) is 6.07 Å². The molecule has 88 valence electrons. The number of aliphatic hydroxyl groups excluding tert-OH is 1. The van der Waals surface area contributed by atoms with Gasteiger partial charge in [-0.25, -0.2) is 4.39 Å². The molecule has 5 nitrogen and oxygen atoms in total. The van der Waals surface area contributed by atoms with E-state index in [9.17, 15) is 14.5 Å². The smallest absolute Gasteiger partial charge is 0.313 e. The Morgan fingerprint density at radius 3 is 2.88 bits per heavy atom. The van der Waals surface area contributed by atoms with Gasteiger partial charge in [-0.2, -0.15) is 0 Å². The van der Waals surface area contributed by atoms with E-state index in [1.54, 1.807) is 6.92 Å². The maximum absolute atomic E-state index is 12.8. The van der Waals surface area contributed by atoms with Crippen LogP contribution < -0.4 is 4.74 Å². The first-order valence-corrected chi connectivity index (χ1v) is 4.72. The summed E-state index contributed by atoms with van der Waals surface area (Å²) in [6.07, 6.45) is 0. The quantitative estimate of drug-likeness (QED) is 0.616. The van der Waals surface area contributed by atoms with E-state index in [-0.39, 0.29) is 24.9 Å². The lowest BCUT2D eigenvalue weighted by Gasteiger charge is -2.10. The second-order valence-electron chi connectivity index (χ2n) is 3.47. The highest BCUT2D eigenvalue weighted by atomic mass is 19.1. The number of hydrogen-bond donors (Lipinski definition) is 1. The van der Waals surface area contributed by atoms with Crippen molar-refractivity contribution in [3.8, 4) is 5.75 Å². The Morgan fingerprint density at radius 1 is 1.62 bits per heavy atom. The third-order valence-electron chi connectivity index (χ3n) is 1.95. The number of nitro benzene ring substituents is 1. The van der Waals surface area contributed by atoms with Crippen LogP contribution in [0.15, 0.2) is 18.2 Å². The van der Waals surface area contributed by atoms with Crippen LogP contribution in [0.25, 0.3) is 0 Å². The highest BCUT2D eigenvalue weighted by Gasteiger charge is 2.16. The molecule has 0 saturated carbocycles. The Labute approximate surface area is 91.6 Å². The molecule has 1 rings (SSSR count). The predicted octanol–water partition coefficient (Wildman–Crippen LogP) is 1.74. The van der Waals surface area contributed by atoms with Crippen molar-refractivity contribution in [2.24, 2.45) is 5.92 Å². The molecule has 0 spiro atoms. The van der Waals surface area contributed by atoms with E-state index in [4.69, 9.17) is 9.84 Å². The lowest BCUT2D eigenvalue weighted by atomic mass is 10.2. The summed E-state index contributed by atoms with van der Waals surface area (Å²) in [6.45, 7) is 1.80. The number of nitrogens with zero attached hydrogens (tertiary/aromatic N) is 1. The Hall–Kier alpha value is -1.69. The molecule has 0 amide bonds. The lowest BCUT2D eigenvalue weighted by Crippen LogP contribution is -2.12. The van der Waals surface area contributed by atoms with Crippen LogP contribution in [-0.2, 0) is 0 Å². The monoisotopic (exact) mass is 229 g/mol. The van der Waals surface area contributed by atoms with Crippen LogP contribution >= 0.6 is 0 Å². The van der Waals surface area contributed by atoms with Crippen LogP contribution in [0.4, 0.5) is 10.1 Å². The van der Waals surface area contributed by atoms with Crippen LogP contribution in [0.1, 0.15) is 6.92 Å². The van der Waals surface area contributed by atoms with Gasteiger partial charge in [-0.05, 0) is 12.1 Å². The largest absolute Gasteiger partial charge is 0.486 e. The highest BCUT2D eigenvalue weighted by Crippen LogP contribution is 2.27. The Kier molecular flexibility index (Phi) is 4.19. The number of ether oxygens (including phenoxy) is 1. The molecule has 16 heavy (non-hydrogen) atoms. The topological polar surface area (TPSA) is 72.6 Å². The fourth-order valence-electron chi connectivity index (χ4n) is 1.04. The standard InChI is InChI=1S/C10H12FNO4/c1-7(5-13)6-16-10-3-2-8(11)4-9(10)12(14)15/h2-4,7,13H,5-6H2,1H3. The molecule has 0 aromatic heterocycles. The van der Waals surface area contributed by atoms with Crippen LogP contribution in [0, 0.1) is 21.8 Å². The third kappa shape index (κ3) is 3.16. The highest BCUT2D eigenvalue weighted by molar-refractivity contribution is 5.46. The average Bonchev–Trinajstić information content (AvgIpc) is 2.26. The first kappa shape index (κ1) is 12.4. The van der Waals surface area contributed by atoms with E-state index < -0.39 is 16.4 Å². The molecule has 1 unspecified atom stereocenters. The van der Waals surface area contributed by atoms with Gasteiger partial charge in [-0.3, -0.25) is 10.1 Å². The van der Waals surface area contributed by atoms with Crippen molar-refractivity contribution in [2.45, 2.75) is 6.92 Å². The van der Waals surface area contributed by atoms with Gasteiger partial charge < -0.3 is 9.84 Å². The number of nitro groups is 1. The van der Waals surface area contributed by atoms with Gasteiger partial charge in [-0.15, -0.1) is 0 Å². The van der Waals surface area contributed by atoms with Crippen LogP contribution in [-0.4, -0.2) is 23.2 Å². The molecule has 0 aliphatic heterocycles. The normalized spacial score (nSPS) is 12.2. The van der Waals surface area contributed by atoms with Crippen molar-refractivity contribution in [1.29, 1.82) is 0 Å². The van der Waals surface area contributed by atoms with E-state index in [1.807, 2.05) is 0 Å². The first-order chi connectivity index (χ1) is 7.54. The molecule has 0 aliphatic carbocycles. The molecule has 0 heterocycles. The fraction of sp³-hybridized carbons (Fsp3) is 0.400. The minimum Gasteiger partial charge on any atom is -0.486 e. The van der Waals surface area contributed by atoms with Crippen molar-refractivity contribution < 1.29 is 19.2 Å². The molecular weight excluding hydrogens is 217 g/mol. The summed E-state index contributed by atoms with van der Waals surface area (Å²) in [5.41, 5.74) is -0.412. The summed E-state index contributed by atoms with van der Waals surface area (Å²) in [5, 5.41) is 19.4. The van der Waals surface area contributed by atoms with Crippen molar-refractivity contribution in [3.05, 3.63) is 34.1 Å². The van der Waals surface area contributed by atoms with Gasteiger partial charge in [0.2, 0.25) is 0 Å². The van der Waals surface area contributed by atoms with Crippen LogP contribution in [0.3, 0.4) is 0 Å². The number of benzene rings is 1. The fourth-order valence-corrected chi connectivity index (χ4v) is 1.04. The maximum atomic E-state index is 12.8. The van der Waals surface area contributed by atoms with E-state index in [2.05, 4.69) is 0 Å². The van der Waals surface area contributed by atoms with Crippen molar-refractivity contribution in [2.75, 3.05) is 13.2 Å². The molecule has 0 radical (unpaired) electrons. The SMILES string of the molecule is CC(CO)COc1ccc(F)cc1[N+](=O)[O-]. The summed E-state index contributed by atoms with van der Waals surface area (Å²) in [7, 11) is 0. The molecule has 0 aliphatic rings. The van der Waals surface area contributed by atoms with Gasteiger partial charge in [0.15, 0.2) is 5.75 Å². The molecule has 1 N–H and O–H groups in total. The molecule has 0 fully saturated rings. The molecule has 6 heteroatoms. The molecule has 1 aromatic rings. The summed E-state index contributed by atoms with van der Waals surface area (Å²) in [4.78, 5) is 9.89. The Bertz CT molecular complexity index is 383. The summed E-state index contributed by atoms with van der Waals surface area (Å²) >= 11 is 0. The third-order valence-corrected chi connectivity index (χ3v) is 1.95. The number of rotatable bonds is 5. The van der Waals surface area contributed by atoms with Crippen molar-refractivity contribution in [3.63, 3.8) is 0 Å². The minimum absolute atomic E-state index is 0.00620. The van der Waals surface area contributed by atoms with E-state index >= 15 is 0 Å². The van der Waals surface area contributed by atoms with Crippen molar-refractivity contribution >= 4 is 5.69 Å². The maximum Gasteiger partial charge on any atom is 0.313 e. The summed E-state index contributed by atoms with van der Waals surface area (Å²) in [6, 6.07) is 3.10. The van der Waals surface area contributed by atoms with Gasteiger partial charge in [0.05, 0.1) is 17.6 Å². The average molecular weight is 229 g/mol. The lowest BCUT2D eigenvalue weighted by molar-refractivity contribution is -0.386. The molecule has 0 bridgehead atoms. The van der Waals surface area contributed by atoms with Crippen LogP contribution in [0.2, 0.25) is 0 Å². The van der Waals surface area contributed by atoms with Gasteiger partial charge >= 0.3 is 5.69 Å². The number of hydrogen-bond acceptors (Lipinski definition) is 4. The van der Waals surface area contributed by atoms with Crippen molar-refractivity contribution in [1.82, 2.24) is 0 Å². The van der Waals surface area contributed by atoms with Gasteiger partial charge in [-0.1, -0.05) is 6.92 Å². The van der Waals surface area contributed by atoms with E-state index in [0.717, 1.165) is 12.1 Å². The zero-order valence-corrected chi connectivity index (χ0v) is 8.72. The Morgan fingerprint density at radius 2 is 2.31 bits per heavy atom. The summed E-state index contributed by atoms with van der Waals surface area (Å²) < 4.78 is 17.9. The predicted molar refractivity (Wildman–Crippen MR) is 54.8 cm³/mol. The van der Waals surface area contributed by atoms with Crippen LogP contribution in [0.5, 0.6) is 5.75 Å². The Balaban J connectivity index is 2.82. The second-order valence-corrected chi connectivity index (χ2v) is 3.47. The summed E-state index contributed by atoms with van der Waals surface area (Å²) in [5.74, 6) is -0.814. The molecule has 1 atom stereocenters.